The van der Waals surface area contributed by atoms with Crippen molar-refractivity contribution in [2.24, 2.45) is 7.05 Å². The number of nitrogens with zero attached hydrogens (tertiary/aromatic N) is 4. The van der Waals surface area contributed by atoms with E-state index >= 15 is 0 Å². The summed E-state index contributed by atoms with van der Waals surface area (Å²) in [5, 5.41) is 0. The monoisotopic (exact) mass is 571 g/mol. The Bertz CT molecular complexity index is 1850. The average Bonchev–Trinajstić information content (AvgIpc) is 3.36. The van der Waals surface area contributed by atoms with E-state index in [1.54, 1.807) is 19.2 Å². The highest BCUT2D eigenvalue weighted by Gasteiger charge is 2.38. The summed E-state index contributed by atoms with van der Waals surface area (Å²) in [6.07, 6.45) is 3.83. The Labute approximate surface area is 237 Å². The van der Waals surface area contributed by atoms with Gasteiger partial charge in [-0.3, -0.25) is 9.80 Å². The predicted molar refractivity (Wildman–Crippen MR) is 156 cm³/mol. The summed E-state index contributed by atoms with van der Waals surface area (Å²) in [5.41, 5.74) is 4.55. The predicted octanol–water partition coefficient (Wildman–Crippen LogP) is 3.12. The molecule has 0 saturated heterocycles. The van der Waals surface area contributed by atoms with Crippen molar-refractivity contribution in [2.75, 3.05) is 19.0 Å². The first-order chi connectivity index (χ1) is 19.5. The van der Waals surface area contributed by atoms with Crippen molar-refractivity contribution in [1.82, 2.24) is 14.7 Å². The Hall–Kier alpha value is -4.58. The van der Waals surface area contributed by atoms with Crippen LogP contribution in [0.4, 0.5) is 11.6 Å². The van der Waals surface area contributed by atoms with Gasteiger partial charge in [-0.15, -0.1) is 0 Å². The minimum atomic E-state index is -4.27. The van der Waals surface area contributed by atoms with Crippen molar-refractivity contribution in [3.63, 3.8) is 0 Å². The molecular formula is C30H29N5O5S. The Morgan fingerprint density at radius 3 is 2.17 bits per heavy atom. The number of likely N-dealkylation sites (N-methyl/N-ethyl adjacent to an activating group) is 2. The maximum Gasteiger partial charge on any atom is 0.365 e. The summed E-state index contributed by atoms with van der Waals surface area (Å²) in [5.74, 6) is 1.75. The average molecular weight is 572 g/mol. The van der Waals surface area contributed by atoms with E-state index in [4.69, 9.17) is 14.5 Å². The molecule has 41 heavy (non-hydrogen) atoms. The van der Waals surface area contributed by atoms with Crippen LogP contribution in [0.15, 0.2) is 99.2 Å². The lowest BCUT2D eigenvalue weighted by atomic mass is 10.1. The number of fused-ring (bicyclic) bond motifs is 2. The number of anilines is 1. The molecule has 0 aliphatic carbocycles. The van der Waals surface area contributed by atoms with Gasteiger partial charge in [0.15, 0.2) is 6.17 Å². The van der Waals surface area contributed by atoms with Crippen molar-refractivity contribution in [1.29, 1.82) is 0 Å². The fourth-order valence-electron chi connectivity index (χ4n) is 4.80. The van der Waals surface area contributed by atoms with Gasteiger partial charge in [-0.25, -0.2) is 22.9 Å². The SMILES string of the molecule is CN1c2nc3ccccc3nc2[NH+](C)C1C=Cc1c(-c2ccccc2)n(C)oc1=O.Cc1ccc(S(=O)(=O)[O-])cc1. The zero-order chi connectivity index (χ0) is 29.3. The summed E-state index contributed by atoms with van der Waals surface area (Å²) in [6.45, 7) is 1.82. The maximum absolute atomic E-state index is 12.5. The van der Waals surface area contributed by atoms with Crippen molar-refractivity contribution in [3.05, 3.63) is 106 Å². The van der Waals surface area contributed by atoms with Crippen molar-refractivity contribution >= 4 is 38.9 Å². The summed E-state index contributed by atoms with van der Waals surface area (Å²) in [7, 11) is 1.54. The number of quaternary nitrogens is 1. The summed E-state index contributed by atoms with van der Waals surface area (Å²) in [6, 6.07) is 23.4. The third-order valence-corrected chi connectivity index (χ3v) is 7.78. The lowest BCUT2D eigenvalue weighted by Gasteiger charge is -2.18. The maximum atomic E-state index is 12.5. The van der Waals surface area contributed by atoms with Gasteiger partial charge >= 0.3 is 5.63 Å². The number of aromatic nitrogens is 3. The fraction of sp³-hybridized carbons (Fsp3) is 0.167. The molecule has 1 N–H and O–H groups in total. The summed E-state index contributed by atoms with van der Waals surface area (Å²) in [4.78, 5) is 25.1. The molecule has 3 aromatic carbocycles. The zero-order valence-corrected chi connectivity index (χ0v) is 23.8. The smallest absolute Gasteiger partial charge is 0.365 e. The van der Waals surface area contributed by atoms with Crippen LogP contribution in [0.5, 0.6) is 0 Å². The number of benzene rings is 3. The molecule has 210 valence electrons. The van der Waals surface area contributed by atoms with Crippen molar-refractivity contribution in [2.45, 2.75) is 18.0 Å². The highest BCUT2D eigenvalue weighted by molar-refractivity contribution is 7.85. The Morgan fingerprint density at radius 1 is 0.927 bits per heavy atom. The van der Waals surface area contributed by atoms with Gasteiger partial charge in [-0.05, 0) is 43.3 Å². The molecule has 6 rings (SSSR count). The van der Waals surface area contributed by atoms with Crippen LogP contribution in [0.2, 0.25) is 0 Å². The van der Waals surface area contributed by atoms with Gasteiger partial charge in [0.1, 0.15) is 10.1 Å². The van der Waals surface area contributed by atoms with Crippen LogP contribution in [0, 0.1) is 6.92 Å². The first-order valence-electron chi connectivity index (χ1n) is 12.8. The van der Waals surface area contributed by atoms with Gasteiger partial charge in [-0.1, -0.05) is 60.2 Å². The van der Waals surface area contributed by atoms with Crippen molar-refractivity contribution < 1.29 is 22.4 Å². The minimum Gasteiger partial charge on any atom is -0.744 e. The van der Waals surface area contributed by atoms with Gasteiger partial charge in [-0.2, -0.15) is 4.98 Å². The standard InChI is InChI=1S/C23H21N5O2.C7H8O3S/c1-26-19(27(2)22-21(26)24-17-11-7-8-12-18(17)25-22)14-13-16-20(28(3)30-23(16)29)15-9-5-4-6-10-15;1-6-2-4-7(5-3-6)11(8,9)10/h4-14,19H,1-3H3;2-5H,1H3,(H,8,9,10). The zero-order valence-electron chi connectivity index (χ0n) is 23.0. The molecule has 0 bridgehead atoms. The molecule has 1 aliphatic rings. The molecule has 0 saturated carbocycles. The van der Waals surface area contributed by atoms with Crippen LogP contribution >= 0.6 is 0 Å². The second-order valence-electron chi connectivity index (χ2n) is 9.75. The van der Waals surface area contributed by atoms with Crippen LogP contribution in [0.3, 0.4) is 0 Å². The second-order valence-corrected chi connectivity index (χ2v) is 11.1. The fourth-order valence-corrected chi connectivity index (χ4v) is 5.26. The molecular weight excluding hydrogens is 542 g/mol. The van der Waals surface area contributed by atoms with E-state index in [0.29, 0.717) is 5.56 Å². The number of nitrogens with one attached hydrogen (secondary N) is 1. The molecule has 10 nitrogen and oxygen atoms in total. The van der Waals surface area contributed by atoms with E-state index in [-0.39, 0.29) is 16.7 Å². The van der Waals surface area contributed by atoms with E-state index in [1.807, 2.05) is 80.7 Å². The molecule has 2 unspecified atom stereocenters. The molecule has 0 amide bonds. The highest BCUT2D eigenvalue weighted by atomic mass is 32.2. The van der Waals surface area contributed by atoms with E-state index in [0.717, 1.165) is 44.4 Å². The van der Waals surface area contributed by atoms with Crippen molar-refractivity contribution in [3.8, 4) is 11.3 Å². The number of aryl methyl sites for hydroxylation is 2. The second kappa shape index (κ2) is 11.1. The Morgan fingerprint density at radius 2 is 1.54 bits per heavy atom. The van der Waals surface area contributed by atoms with Crippen LogP contribution < -0.4 is 15.4 Å². The molecule has 3 heterocycles. The van der Waals surface area contributed by atoms with Gasteiger partial charge in [0, 0.05) is 19.7 Å². The molecule has 2 aromatic heterocycles. The highest BCUT2D eigenvalue weighted by Crippen LogP contribution is 2.28. The Balaban J connectivity index is 0.000000259. The quantitative estimate of drug-likeness (QED) is 0.326. The molecule has 5 aromatic rings. The van der Waals surface area contributed by atoms with Crippen LogP contribution in [-0.4, -0.2) is 47.9 Å². The number of rotatable bonds is 4. The van der Waals surface area contributed by atoms with E-state index in [1.165, 1.54) is 16.9 Å². The number of hydrogen-bond acceptors (Lipinski definition) is 8. The van der Waals surface area contributed by atoms with Gasteiger partial charge in [0.25, 0.3) is 5.82 Å². The number of para-hydroxylation sites is 2. The summed E-state index contributed by atoms with van der Waals surface area (Å²) >= 11 is 0. The minimum absolute atomic E-state index is 0.0416. The molecule has 0 radical (unpaired) electrons. The molecule has 0 spiro atoms. The van der Waals surface area contributed by atoms with Gasteiger partial charge in [0.2, 0.25) is 5.82 Å². The number of hydrogen-bond donors (Lipinski definition) is 1. The normalized spacial score (nSPS) is 16.6. The van der Waals surface area contributed by atoms with E-state index in [2.05, 4.69) is 11.9 Å². The first-order valence-corrected chi connectivity index (χ1v) is 14.3. The molecule has 11 heteroatoms. The first kappa shape index (κ1) is 28.0. The largest absolute Gasteiger partial charge is 0.744 e. The van der Waals surface area contributed by atoms with Crippen LogP contribution in [-0.2, 0) is 17.2 Å². The lowest BCUT2D eigenvalue weighted by molar-refractivity contribution is -0.825. The van der Waals surface area contributed by atoms with Crippen LogP contribution in [0.25, 0.3) is 28.4 Å². The lowest BCUT2D eigenvalue weighted by Crippen LogP contribution is -3.08. The summed E-state index contributed by atoms with van der Waals surface area (Å²) < 4.78 is 38.0. The molecule has 0 fully saturated rings. The van der Waals surface area contributed by atoms with Gasteiger partial charge in [0.05, 0.1) is 34.2 Å². The molecule has 2 atom stereocenters. The third-order valence-electron chi connectivity index (χ3n) is 6.93. The van der Waals surface area contributed by atoms with E-state index < -0.39 is 10.1 Å². The van der Waals surface area contributed by atoms with Gasteiger partial charge < -0.3 is 9.08 Å². The third kappa shape index (κ3) is 5.68. The molecule has 1 aliphatic heterocycles. The topological polar surface area (TPSA) is 126 Å². The Kier molecular flexibility index (Phi) is 7.59. The van der Waals surface area contributed by atoms with Crippen LogP contribution in [0.1, 0.15) is 11.1 Å². The van der Waals surface area contributed by atoms with E-state index in [9.17, 15) is 17.8 Å².